The predicted molar refractivity (Wildman–Crippen MR) is 71.7 cm³/mol. The molecule has 4 N–H and O–H groups in total. The first-order valence-corrected chi connectivity index (χ1v) is 6.45. The van der Waals surface area contributed by atoms with Crippen LogP contribution >= 0.6 is 0 Å². The highest BCUT2D eigenvalue weighted by atomic mass is 15.3. The molecule has 2 atom stereocenters. The van der Waals surface area contributed by atoms with Crippen molar-refractivity contribution in [2.24, 2.45) is 17.7 Å². The normalized spacial score (nSPS) is 24.4. The summed E-state index contributed by atoms with van der Waals surface area (Å²) in [5.74, 6) is 8.60. The Labute approximate surface area is 103 Å². The molecule has 4 nitrogen and oxygen atoms in total. The van der Waals surface area contributed by atoms with Gasteiger partial charge in [0.05, 0.1) is 0 Å². The molecule has 1 aromatic heterocycles. The number of pyridine rings is 1. The highest BCUT2D eigenvalue weighted by Gasteiger charge is 2.18. The Bertz CT molecular complexity index is 353. The fraction of sp³-hybridized carbons (Fsp3) is 0.615. The predicted octanol–water partition coefficient (Wildman–Crippen LogP) is 2.61. The van der Waals surface area contributed by atoms with Crippen LogP contribution in [-0.2, 0) is 0 Å². The second kappa shape index (κ2) is 5.87. The highest BCUT2D eigenvalue weighted by Crippen LogP contribution is 2.28. The number of hydrazine groups is 1. The van der Waals surface area contributed by atoms with E-state index in [1.165, 1.54) is 25.7 Å². The Kier molecular flexibility index (Phi) is 4.20. The third kappa shape index (κ3) is 3.60. The lowest BCUT2D eigenvalue weighted by atomic mass is 9.82. The first-order valence-electron chi connectivity index (χ1n) is 6.45. The van der Waals surface area contributed by atoms with Crippen molar-refractivity contribution in [3.8, 4) is 0 Å². The van der Waals surface area contributed by atoms with Crippen molar-refractivity contribution in [1.29, 1.82) is 0 Å². The van der Waals surface area contributed by atoms with Crippen molar-refractivity contribution in [2.75, 3.05) is 17.3 Å². The molecule has 0 radical (unpaired) electrons. The van der Waals surface area contributed by atoms with Gasteiger partial charge in [-0.1, -0.05) is 25.8 Å². The molecular weight excluding hydrogens is 212 g/mol. The summed E-state index contributed by atoms with van der Waals surface area (Å²) in [6.07, 6.45) is 5.43. The van der Waals surface area contributed by atoms with Crippen LogP contribution in [0.25, 0.3) is 0 Å². The Morgan fingerprint density at radius 1 is 1.35 bits per heavy atom. The molecule has 1 saturated carbocycles. The van der Waals surface area contributed by atoms with Crippen LogP contribution in [0.3, 0.4) is 0 Å². The Balaban J connectivity index is 1.84. The van der Waals surface area contributed by atoms with Crippen LogP contribution in [0.5, 0.6) is 0 Å². The van der Waals surface area contributed by atoms with Gasteiger partial charge in [-0.15, -0.1) is 0 Å². The first-order chi connectivity index (χ1) is 8.28. The van der Waals surface area contributed by atoms with Crippen LogP contribution in [0.4, 0.5) is 11.6 Å². The molecule has 94 valence electrons. The standard InChI is InChI=1S/C13H22N4/c1-10-4-2-5-11(8-10)9-15-12-6-3-7-13(16-12)17-14/h3,6-7,10-11H,2,4-5,8-9,14H2,1H3,(H2,15,16,17). The quantitative estimate of drug-likeness (QED) is 0.553. The maximum absolute atomic E-state index is 5.34. The number of nitrogens with two attached hydrogens (primary N) is 1. The topological polar surface area (TPSA) is 63.0 Å². The van der Waals surface area contributed by atoms with E-state index in [0.717, 1.165) is 24.2 Å². The van der Waals surface area contributed by atoms with Gasteiger partial charge in [0, 0.05) is 6.54 Å². The molecule has 1 aliphatic rings. The second-order valence-electron chi connectivity index (χ2n) is 5.07. The third-order valence-corrected chi connectivity index (χ3v) is 3.51. The maximum Gasteiger partial charge on any atom is 0.142 e. The fourth-order valence-electron chi connectivity index (χ4n) is 2.61. The van der Waals surface area contributed by atoms with E-state index in [9.17, 15) is 0 Å². The van der Waals surface area contributed by atoms with Crippen LogP contribution in [0, 0.1) is 11.8 Å². The molecule has 4 heteroatoms. The van der Waals surface area contributed by atoms with Crippen LogP contribution in [0.1, 0.15) is 32.6 Å². The van der Waals surface area contributed by atoms with Gasteiger partial charge in [0.2, 0.25) is 0 Å². The van der Waals surface area contributed by atoms with Crippen molar-refractivity contribution in [3.63, 3.8) is 0 Å². The van der Waals surface area contributed by atoms with E-state index in [0.29, 0.717) is 5.82 Å². The molecule has 0 aliphatic heterocycles. The molecule has 1 aliphatic carbocycles. The molecule has 1 fully saturated rings. The van der Waals surface area contributed by atoms with Crippen molar-refractivity contribution in [3.05, 3.63) is 18.2 Å². The minimum atomic E-state index is 0.701. The molecule has 0 aromatic carbocycles. The zero-order chi connectivity index (χ0) is 12.1. The third-order valence-electron chi connectivity index (χ3n) is 3.51. The minimum Gasteiger partial charge on any atom is -0.370 e. The first kappa shape index (κ1) is 12.2. The van der Waals surface area contributed by atoms with Gasteiger partial charge in [-0.3, -0.25) is 0 Å². The van der Waals surface area contributed by atoms with Gasteiger partial charge in [0.25, 0.3) is 0 Å². The lowest BCUT2D eigenvalue weighted by Crippen LogP contribution is -2.21. The van der Waals surface area contributed by atoms with E-state index in [4.69, 9.17) is 5.84 Å². The summed E-state index contributed by atoms with van der Waals surface area (Å²) in [6.45, 7) is 3.37. The number of nitrogens with zero attached hydrogens (tertiary/aromatic N) is 1. The van der Waals surface area contributed by atoms with Crippen LogP contribution in [0.2, 0.25) is 0 Å². The summed E-state index contributed by atoms with van der Waals surface area (Å²) in [5.41, 5.74) is 2.56. The molecular formula is C13H22N4. The minimum absolute atomic E-state index is 0.701. The summed E-state index contributed by atoms with van der Waals surface area (Å²) in [4.78, 5) is 4.35. The van der Waals surface area contributed by atoms with E-state index in [1.807, 2.05) is 18.2 Å². The van der Waals surface area contributed by atoms with E-state index in [2.05, 4.69) is 22.7 Å². The van der Waals surface area contributed by atoms with Gasteiger partial charge in [-0.2, -0.15) is 0 Å². The monoisotopic (exact) mass is 234 g/mol. The zero-order valence-corrected chi connectivity index (χ0v) is 10.4. The van der Waals surface area contributed by atoms with Gasteiger partial charge < -0.3 is 10.7 Å². The molecule has 0 amide bonds. The van der Waals surface area contributed by atoms with Gasteiger partial charge in [-0.25, -0.2) is 10.8 Å². The smallest absolute Gasteiger partial charge is 0.142 e. The van der Waals surface area contributed by atoms with Crippen LogP contribution < -0.4 is 16.6 Å². The Morgan fingerprint density at radius 3 is 2.94 bits per heavy atom. The summed E-state index contributed by atoms with van der Waals surface area (Å²) >= 11 is 0. The summed E-state index contributed by atoms with van der Waals surface area (Å²) < 4.78 is 0. The molecule has 1 heterocycles. The molecule has 2 unspecified atom stereocenters. The second-order valence-corrected chi connectivity index (χ2v) is 5.07. The fourth-order valence-corrected chi connectivity index (χ4v) is 2.61. The van der Waals surface area contributed by atoms with Gasteiger partial charge in [0.1, 0.15) is 11.6 Å². The average molecular weight is 234 g/mol. The number of hydrogen-bond acceptors (Lipinski definition) is 4. The molecule has 2 rings (SSSR count). The number of rotatable bonds is 4. The van der Waals surface area contributed by atoms with Gasteiger partial charge in [0.15, 0.2) is 0 Å². The van der Waals surface area contributed by atoms with Crippen molar-refractivity contribution >= 4 is 11.6 Å². The van der Waals surface area contributed by atoms with Crippen molar-refractivity contribution < 1.29 is 0 Å². The molecule has 0 bridgehead atoms. The molecule has 1 aromatic rings. The van der Waals surface area contributed by atoms with E-state index in [1.54, 1.807) is 0 Å². The number of nitrogens with one attached hydrogen (secondary N) is 2. The zero-order valence-electron chi connectivity index (χ0n) is 10.4. The Morgan fingerprint density at radius 2 is 2.18 bits per heavy atom. The number of nitrogen functional groups attached to an aromatic ring is 1. The summed E-state index contributed by atoms with van der Waals surface area (Å²) in [6, 6.07) is 5.79. The SMILES string of the molecule is CC1CCCC(CNc2cccc(NN)n2)C1. The molecule has 0 spiro atoms. The molecule has 17 heavy (non-hydrogen) atoms. The molecule has 0 saturated heterocycles. The van der Waals surface area contributed by atoms with E-state index in [-0.39, 0.29) is 0 Å². The van der Waals surface area contributed by atoms with Gasteiger partial charge in [-0.05, 0) is 36.8 Å². The van der Waals surface area contributed by atoms with Crippen molar-refractivity contribution in [2.45, 2.75) is 32.6 Å². The van der Waals surface area contributed by atoms with Crippen LogP contribution in [0.15, 0.2) is 18.2 Å². The summed E-state index contributed by atoms with van der Waals surface area (Å²) in [5, 5.41) is 3.40. The largest absolute Gasteiger partial charge is 0.370 e. The lowest BCUT2D eigenvalue weighted by Gasteiger charge is -2.26. The average Bonchev–Trinajstić information content (AvgIpc) is 2.37. The van der Waals surface area contributed by atoms with Crippen LogP contribution in [-0.4, -0.2) is 11.5 Å². The maximum atomic E-state index is 5.34. The number of anilines is 2. The lowest BCUT2D eigenvalue weighted by molar-refractivity contribution is 0.293. The summed E-state index contributed by atoms with van der Waals surface area (Å²) in [7, 11) is 0. The van der Waals surface area contributed by atoms with Gasteiger partial charge >= 0.3 is 0 Å². The van der Waals surface area contributed by atoms with E-state index < -0.39 is 0 Å². The number of hydrogen-bond donors (Lipinski definition) is 3. The number of aromatic nitrogens is 1. The van der Waals surface area contributed by atoms with E-state index >= 15 is 0 Å². The Hall–Kier alpha value is -1.29. The van der Waals surface area contributed by atoms with Crippen molar-refractivity contribution in [1.82, 2.24) is 4.98 Å². The highest BCUT2D eigenvalue weighted by molar-refractivity contribution is 5.44.